The van der Waals surface area contributed by atoms with Crippen LogP contribution in [-0.2, 0) is 20.8 Å². The number of carbonyl (C=O) groups excluding carboxylic acids is 2. The minimum absolute atomic E-state index is 0.169. The number of rotatable bonds is 7. The molecule has 2 amide bonds. The summed E-state index contributed by atoms with van der Waals surface area (Å²) in [6, 6.07) is 0.728. The van der Waals surface area contributed by atoms with Crippen molar-refractivity contribution in [1.82, 2.24) is 10.6 Å². The van der Waals surface area contributed by atoms with Crippen LogP contribution in [-0.4, -0.2) is 35.5 Å². The highest BCUT2D eigenvalue weighted by Gasteiger charge is 2.24. The maximum atomic E-state index is 12.6. The van der Waals surface area contributed by atoms with Crippen LogP contribution in [0.3, 0.4) is 0 Å². The number of nitrogens with one attached hydrogen (secondary N) is 2. The van der Waals surface area contributed by atoms with E-state index in [1.54, 1.807) is 26.8 Å². The van der Waals surface area contributed by atoms with Crippen molar-refractivity contribution in [2.45, 2.75) is 54.0 Å². The van der Waals surface area contributed by atoms with Gasteiger partial charge in [-0.25, -0.2) is 9.59 Å². The van der Waals surface area contributed by atoms with Crippen LogP contribution < -0.4 is 16.3 Å². The van der Waals surface area contributed by atoms with Crippen LogP contribution in [0.1, 0.15) is 41.9 Å². The molecule has 3 N–H and O–H groups in total. The van der Waals surface area contributed by atoms with Crippen LogP contribution >= 0.6 is 0 Å². The highest BCUT2D eigenvalue weighted by Crippen LogP contribution is 2.36. The monoisotopic (exact) mass is 456 g/mol. The van der Waals surface area contributed by atoms with E-state index in [1.807, 2.05) is 20.8 Å². The van der Waals surface area contributed by atoms with Crippen LogP contribution in [0.5, 0.6) is 0 Å². The Morgan fingerprint density at radius 2 is 1.67 bits per heavy atom. The van der Waals surface area contributed by atoms with Gasteiger partial charge in [-0.2, -0.15) is 0 Å². The van der Waals surface area contributed by atoms with Gasteiger partial charge < -0.3 is 24.6 Å². The van der Waals surface area contributed by atoms with E-state index in [-0.39, 0.29) is 17.9 Å². The SMILES string of the molecule is Cc1oc2c(c(C)cc3oc(=O)c(CC(=O)NCC(=O)NC(C(=O)O)C(C)C)c(C)c32)c1C. The van der Waals surface area contributed by atoms with E-state index < -0.39 is 36.0 Å². The van der Waals surface area contributed by atoms with E-state index in [0.717, 1.165) is 22.3 Å². The molecule has 0 aliphatic heterocycles. The molecule has 0 bridgehead atoms. The average molecular weight is 456 g/mol. The van der Waals surface area contributed by atoms with E-state index in [1.165, 1.54) is 0 Å². The molecule has 33 heavy (non-hydrogen) atoms. The third-order valence-electron chi connectivity index (χ3n) is 5.91. The zero-order valence-electron chi connectivity index (χ0n) is 19.5. The summed E-state index contributed by atoms with van der Waals surface area (Å²) >= 11 is 0. The molecule has 2 aromatic heterocycles. The third-order valence-corrected chi connectivity index (χ3v) is 5.91. The van der Waals surface area contributed by atoms with Crippen LogP contribution in [0.15, 0.2) is 19.7 Å². The van der Waals surface area contributed by atoms with Crippen LogP contribution in [0.25, 0.3) is 21.9 Å². The summed E-state index contributed by atoms with van der Waals surface area (Å²) in [6.07, 6.45) is -0.294. The maximum Gasteiger partial charge on any atom is 0.340 e. The summed E-state index contributed by atoms with van der Waals surface area (Å²) in [5, 5.41) is 15.5. The van der Waals surface area contributed by atoms with Crippen molar-refractivity contribution in [3.05, 3.63) is 44.5 Å². The number of amides is 2. The molecule has 2 heterocycles. The first kappa shape index (κ1) is 24.0. The molecule has 9 nitrogen and oxygen atoms in total. The lowest BCUT2D eigenvalue weighted by Gasteiger charge is -2.18. The second-order valence-electron chi connectivity index (χ2n) is 8.63. The lowest BCUT2D eigenvalue weighted by molar-refractivity contribution is -0.143. The Hall–Kier alpha value is -3.62. The quantitative estimate of drug-likeness (QED) is 0.465. The molecule has 0 saturated carbocycles. The summed E-state index contributed by atoms with van der Waals surface area (Å²) in [5.41, 5.74) is 3.02. The number of furan rings is 1. The van der Waals surface area contributed by atoms with Crippen molar-refractivity contribution < 1.29 is 28.3 Å². The van der Waals surface area contributed by atoms with Crippen molar-refractivity contribution >= 4 is 39.7 Å². The summed E-state index contributed by atoms with van der Waals surface area (Å²) in [4.78, 5) is 48.4. The predicted octanol–water partition coefficient (Wildman–Crippen LogP) is 2.66. The number of hydrogen-bond donors (Lipinski definition) is 3. The van der Waals surface area contributed by atoms with Crippen LogP contribution in [0.4, 0.5) is 0 Å². The molecule has 9 heteroatoms. The van der Waals surface area contributed by atoms with Gasteiger partial charge >= 0.3 is 11.6 Å². The molecule has 0 radical (unpaired) electrons. The Morgan fingerprint density at radius 1 is 1.00 bits per heavy atom. The van der Waals surface area contributed by atoms with Gasteiger partial charge in [-0.05, 0) is 56.4 Å². The Labute approximate surface area is 190 Å². The molecular formula is C24H28N2O7. The Bertz CT molecular complexity index is 1330. The number of aryl methyl sites for hydroxylation is 4. The van der Waals surface area contributed by atoms with Crippen molar-refractivity contribution in [3.63, 3.8) is 0 Å². The van der Waals surface area contributed by atoms with Gasteiger partial charge in [-0.15, -0.1) is 0 Å². The van der Waals surface area contributed by atoms with Gasteiger partial charge in [-0.1, -0.05) is 13.8 Å². The van der Waals surface area contributed by atoms with Gasteiger partial charge in [-0.3, -0.25) is 9.59 Å². The fourth-order valence-corrected chi connectivity index (χ4v) is 3.98. The first-order valence-corrected chi connectivity index (χ1v) is 10.7. The molecule has 0 saturated heterocycles. The number of carboxylic acid groups (broad SMARTS) is 1. The number of carbonyl (C=O) groups is 3. The number of fused-ring (bicyclic) bond motifs is 3. The predicted molar refractivity (Wildman–Crippen MR) is 122 cm³/mol. The Morgan fingerprint density at radius 3 is 2.27 bits per heavy atom. The molecule has 3 rings (SSSR count). The van der Waals surface area contributed by atoms with Gasteiger partial charge in [0.05, 0.1) is 23.9 Å². The zero-order valence-corrected chi connectivity index (χ0v) is 19.5. The third kappa shape index (κ3) is 4.62. The Kier molecular flexibility index (Phi) is 6.62. The summed E-state index contributed by atoms with van der Waals surface area (Å²) in [5.74, 6) is -1.91. The smallest absolute Gasteiger partial charge is 0.340 e. The molecule has 1 unspecified atom stereocenters. The molecule has 0 spiro atoms. The normalized spacial score (nSPS) is 12.3. The van der Waals surface area contributed by atoms with Gasteiger partial charge in [0.2, 0.25) is 11.8 Å². The van der Waals surface area contributed by atoms with Gasteiger partial charge in [0.25, 0.3) is 0 Å². The molecule has 176 valence electrons. The standard InChI is InChI=1S/C24H28N2O7/c1-10(2)21(23(29)30)26-18(28)9-25-17(27)8-15-13(5)20-16(33-24(15)31)7-11(3)19-12(4)14(6)32-22(19)20/h7,10,21H,8-9H2,1-6H3,(H,25,27)(H,26,28)(H,29,30). The van der Waals surface area contributed by atoms with E-state index in [4.69, 9.17) is 13.9 Å². The van der Waals surface area contributed by atoms with Crippen LogP contribution in [0.2, 0.25) is 0 Å². The highest BCUT2D eigenvalue weighted by atomic mass is 16.4. The molecule has 0 aliphatic rings. The lowest BCUT2D eigenvalue weighted by atomic mass is 9.98. The minimum atomic E-state index is -1.15. The highest BCUT2D eigenvalue weighted by molar-refractivity contribution is 6.07. The first-order chi connectivity index (χ1) is 15.4. The van der Waals surface area contributed by atoms with Crippen molar-refractivity contribution in [2.75, 3.05) is 6.54 Å². The fourth-order valence-electron chi connectivity index (χ4n) is 3.98. The molecule has 3 aromatic rings. The molecule has 1 aromatic carbocycles. The molecular weight excluding hydrogens is 428 g/mol. The first-order valence-electron chi connectivity index (χ1n) is 10.7. The topological polar surface area (TPSA) is 139 Å². The number of carboxylic acids is 1. The zero-order chi connectivity index (χ0) is 24.6. The Balaban J connectivity index is 1.85. The molecule has 0 fully saturated rings. The number of aliphatic carboxylic acids is 1. The van der Waals surface area contributed by atoms with E-state index in [2.05, 4.69) is 10.6 Å². The van der Waals surface area contributed by atoms with E-state index in [0.29, 0.717) is 22.1 Å². The van der Waals surface area contributed by atoms with E-state index in [9.17, 15) is 19.2 Å². The number of benzene rings is 1. The second-order valence-corrected chi connectivity index (χ2v) is 8.63. The minimum Gasteiger partial charge on any atom is -0.480 e. The summed E-state index contributed by atoms with van der Waals surface area (Å²) < 4.78 is 11.5. The van der Waals surface area contributed by atoms with Crippen molar-refractivity contribution in [2.24, 2.45) is 5.92 Å². The largest absolute Gasteiger partial charge is 0.480 e. The van der Waals surface area contributed by atoms with Crippen molar-refractivity contribution in [3.8, 4) is 0 Å². The van der Waals surface area contributed by atoms with Crippen LogP contribution in [0, 0.1) is 33.6 Å². The van der Waals surface area contributed by atoms with Gasteiger partial charge in [0.15, 0.2) is 0 Å². The summed E-state index contributed by atoms with van der Waals surface area (Å²) in [7, 11) is 0. The summed E-state index contributed by atoms with van der Waals surface area (Å²) in [6.45, 7) is 10.4. The molecule has 1 atom stereocenters. The fraction of sp³-hybridized carbons (Fsp3) is 0.417. The lowest BCUT2D eigenvalue weighted by Crippen LogP contribution is -2.48. The average Bonchev–Trinajstić information content (AvgIpc) is 3.01. The molecule has 0 aliphatic carbocycles. The maximum absolute atomic E-state index is 12.6. The van der Waals surface area contributed by atoms with Gasteiger partial charge in [0.1, 0.15) is 23.0 Å². The van der Waals surface area contributed by atoms with Crippen molar-refractivity contribution in [1.29, 1.82) is 0 Å². The second kappa shape index (κ2) is 9.09. The van der Waals surface area contributed by atoms with E-state index >= 15 is 0 Å². The van der Waals surface area contributed by atoms with Gasteiger partial charge in [0, 0.05) is 5.39 Å². The number of hydrogen-bond acceptors (Lipinski definition) is 6.